The van der Waals surface area contributed by atoms with Crippen molar-refractivity contribution in [2.24, 2.45) is 0 Å². The fraction of sp³-hybridized carbons (Fsp3) is 0.333. The Balaban J connectivity index is 1.70. The van der Waals surface area contributed by atoms with E-state index in [4.69, 9.17) is 21.1 Å². The Labute approximate surface area is 166 Å². The zero-order valence-corrected chi connectivity index (χ0v) is 16.3. The number of nitrogens with zero attached hydrogens (tertiary/aromatic N) is 1. The van der Waals surface area contributed by atoms with E-state index in [1.807, 2.05) is 24.5 Å². The lowest BCUT2D eigenvalue weighted by molar-refractivity contribution is -0.232. The minimum Gasteiger partial charge on any atom is -0.419 e. The first kappa shape index (κ1) is 18.7. The van der Waals surface area contributed by atoms with E-state index in [-0.39, 0.29) is 10.6 Å². The normalized spacial score (nSPS) is 18.4. The molecule has 7 heteroatoms. The van der Waals surface area contributed by atoms with Crippen LogP contribution < -0.4 is 0 Å². The van der Waals surface area contributed by atoms with Crippen molar-refractivity contribution >= 4 is 29.6 Å². The fourth-order valence-corrected chi connectivity index (χ4v) is 4.07. The molecule has 1 saturated carbocycles. The molecule has 1 aromatic carbocycles. The molecule has 2 heterocycles. The molecule has 28 heavy (non-hydrogen) atoms. The van der Waals surface area contributed by atoms with Crippen LogP contribution in [0.1, 0.15) is 42.6 Å². The summed E-state index contributed by atoms with van der Waals surface area (Å²) in [5, 5.41) is 0.0196. The van der Waals surface area contributed by atoms with E-state index >= 15 is 0 Å². The summed E-state index contributed by atoms with van der Waals surface area (Å²) in [6.07, 6.45) is 4.29. The molecule has 0 amide bonds. The van der Waals surface area contributed by atoms with Gasteiger partial charge in [-0.15, -0.1) is 0 Å². The van der Waals surface area contributed by atoms with E-state index < -0.39 is 23.5 Å². The average molecular weight is 404 g/mol. The van der Waals surface area contributed by atoms with Crippen molar-refractivity contribution in [3.8, 4) is 5.69 Å². The first-order chi connectivity index (χ1) is 13.3. The van der Waals surface area contributed by atoms with Gasteiger partial charge < -0.3 is 14.0 Å². The van der Waals surface area contributed by atoms with Crippen LogP contribution in [-0.2, 0) is 19.1 Å². The summed E-state index contributed by atoms with van der Waals surface area (Å²) in [6.45, 7) is 3.71. The van der Waals surface area contributed by atoms with Crippen LogP contribution in [0.4, 0.5) is 4.39 Å². The van der Waals surface area contributed by atoms with Gasteiger partial charge in [0.05, 0.1) is 5.02 Å². The Morgan fingerprint density at radius 1 is 1.11 bits per heavy atom. The van der Waals surface area contributed by atoms with Crippen molar-refractivity contribution in [3.05, 3.63) is 57.6 Å². The highest BCUT2D eigenvalue weighted by Gasteiger charge is 2.47. The van der Waals surface area contributed by atoms with Crippen LogP contribution in [0.3, 0.4) is 0 Å². The van der Waals surface area contributed by atoms with Gasteiger partial charge in [0.15, 0.2) is 0 Å². The van der Waals surface area contributed by atoms with Crippen molar-refractivity contribution in [2.45, 2.75) is 45.3 Å². The first-order valence-electron chi connectivity index (χ1n) is 9.12. The summed E-state index contributed by atoms with van der Waals surface area (Å²) >= 11 is 5.91. The molecule has 0 atom stereocenters. The Bertz CT molecular complexity index is 996. The molecule has 1 aromatic heterocycles. The maximum Gasteiger partial charge on any atom is 0.348 e. The molecule has 2 aromatic rings. The molecule has 2 aliphatic rings. The van der Waals surface area contributed by atoms with Gasteiger partial charge in [-0.3, -0.25) is 0 Å². The smallest absolute Gasteiger partial charge is 0.348 e. The Morgan fingerprint density at radius 3 is 2.36 bits per heavy atom. The molecule has 2 fully saturated rings. The molecule has 0 unspecified atom stereocenters. The van der Waals surface area contributed by atoms with E-state index in [0.29, 0.717) is 24.1 Å². The number of carbonyl (C=O) groups is 2. The van der Waals surface area contributed by atoms with Crippen LogP contribution in [0, 0.1) is 19.7 Å². The lowest BCUT2D eigenvalue weighted by Crippen LogP contribution is -2.44. The molecule has 0 N–H and O–H groups in total. The number of aromatic nitrogens is 1. The maximum atomic E-state index is 13.5. The Kier molecular flexibility index (Phi) is 4.54. The molecule has 0 bridgehead atoms. The SMILES string of the molecule is Cc1cc(C=C2C(=O)OC3(CCCC3)OC2=O)c(C)n1-c1ccc(F)c(Cl)c1. The molecular formula is C21H19ClFNO4. The first-order valence-corrected chi connectivity index (χ1v) is 9.50. The number of hydrogen-bond acceptors (Lipinski definition) is 4. The molecule has 1 aliphatic carbocycles. The van der Waals surface area contributed by atoms with Crippen molar-refractivity contribution in [1.82, 2.24) is 4.57 Å². The van der Waals surface area contributed by atoms with Crippen molar-refractivity contribution < 1.29 is 23.5 Å². The minimum absolute atomic E-state index is 0.0196. The van der Waals surface area contributed by atoms with Crippen molar-refractivity contribution in [3.63, 3.8) is 0 Å². The predicted octanol–water partition coefficient (Wildman–Crippen LogP) is 4.64. The number of hydrogen-bond donors (Lipinski definition) is 0. The zero-order chi connectivity index (χ0) is 20.1. The van der Waals surface area contributed by atoms with Gasteiger partial charge >= 0.3 is 11.9 Å². The largest absolute Gasteiger partial charge is 0.419 e. The molecule has 146 valence electrons. The van der Waals surface area contributed by atoms with Gasteiger partial charge in [-0.2, -0.15) is 0 Å². The topological polar surface area (TPSA) is 57.5 Å². The van der Waals surface area contributed by atoms with Gasteiger partial charge in [0.1, 0.15) is 11.4 Å². The molecule has 4 rings (SSSR count). The van der Waals surface area contributed by atoms with Gasteiger partial charge in [-0.05, 0) is 62.6 Å². The summed E-state index contributed by atoms with van der Waals surface area (Å²) in [5.41, 5.74) is 2.84. The summed E-state index contributed by atoms with van der Waals surface area (Å²) in [4.78, 5) is 24.9. The lowest BCUT2D eigenvalue weighted by atomic mass is 10.1. The van der Waals surface area contributed by atoms with Gasteiger partial charge in [0.2, 0.25) is 0 Å². The molecule has 0 radical (unpaired) electrons. The highest BCUT2D eigenvalue weighted by Crippen LogP contribution is 2.39. The van der Waals surface area contributed by atoms with E-state index in [2.05, 4.69) is 0 Å². The summed E-state index contributed by atoms with van der Waals surface area (Å²) in [7, 11) is 0. The maximum absolute atomic E-state index is 13.5. The molecule has 5 nitrogen and oxygen atoms in total. The monoisotopic (exact) mass is 403 g/mol. The quantitative estimate of drug-likeness (QED) is 0.416. The summed E-state index contributed by atoms with van der Waals surface area (Å²) in [6, 6.07) is 6.28. The number of rotatable bonds is 2. The lowest BCUT2D eigenvalue weighted by Gasteiger charge is -2.32. The second-order valence-corrected chi connectivity index (χ2v) is 7.62. The van der Waals surface area contributed by atoms with Crippen molar-refractivity contribution in [2.75, 3.05) is 0 Å². The number of esters is 2. The average Bonchev–Trinajstić information content (AvgIpc) is 3.18. The number of halogens is 2. The van der Waals surface area contributed by atoms with Crippen LogP contribution in [-0.4, -0.2) is 22.3 Å². The van der Waals surface area contributed by atoms with Gasteiger partial charge in [-0.1, -0.05) is 11.6 Å². The van der Waals surface area contributed by atoms with E-state index in [1.165, 1.54) is 18.2 Å². The zero-order valence-electron chi connectivity index (χ0n) is 15.6. The van der Waals surface area contributed by atoms with Crippen molar-refractivity contribution in [1.29, 1.82) is 0 Å². The van der Waals surface area contributed by atoms with Gasteiger partial charge in [0, 0.05) is 29.9 Å². The highest BCUT2D eigenvalue weighted by atomic mass is 35.5. The van der Waals surface area contributed by atoms with E-state index in [0.717, 1.165) is 24.2 Å². The van der Waals surface area contributed by atoms with Gasteiger partial charge in [0.25, 0.3) is 5.79 Å². The highest BCUT2D eigenvalue weighted by molar-refractivity contribution is 6.30. The van der Waals surface area contributed by atoms with Crippen LogP contribution in [0.5, 0.6) is 0 Å². The minimum atomic E-state index is -1.09. The predicted molar refractivity (Wildman–Crippen MR) is 102 cm³/mol. The fourth-order valence-electron chi connectivity index (χ4n) is 3.90. The van der Waals surface area contributed by atoms with Crippen LogP contribution in [0.25, 0.3) is 11.8 Å². The number of benzene rings is 1. The molecule has 1 saturated heterocycles. The third-order valence-electron chi connectivity index (χ3n) is 5.29. The van der Waals surface area contributed by atoms with Crippen LogP contribution >= 0.6 is 11.6 Å². The number of ether oxygens (including phenoxy) is 2. The Hall–Kier alpha value is -2.60. The third kappa shape index (κ3) is 3.11. The standard InChI is InChI=1S/C21H19ClFNO4/c1-12-9-14(13(2)24(12)15-5-6-18(23)17(22)11-15)10-16-19(25)27-21(28-20(16)26)7-3-4-8-21/h5-6,9-11H,3-4,7-8H2,1-2H3. The van der Waals surface area contributed by atoms with E-state index in [1.54, 1.807) is 6.07 Å². The second-order valence-electron chi connectivity index (χ2n) is 7.22. The number of carbonyl (C=O) groups excluding carboxylic acids is 2. The van der Waals surface area contributed by atoms with Crippen LogP contribution in [0.2, 0.25) is 5.02 Å². The Morgan fingerprint density at radius 2 is 1.75 bits per heavy atom. The molecular weight excluding hydrogens is 385 g/mol. The molecule has 1 spiro atoms. The summed E-state index contributed by atoms with van der Waals surface area (Å²) < 4.78 is 26.3. The summed E-state index contributed by atoms with van der Waals surface area (Å²) in [5.74, 6) is -2.91. The second kappa shape index (κ2) is 6.78. The van der Waals surface area contributed by atoms with E-state index in [9.17, 15) is 14.0 Å². The third-order valence-corrected chi connectivity index (χ3v) is 5.58. The van der Waals surface area contributed by atoms with Crippen LogP contribution in [0.15, 0.2) is 29.8 Å². The number of aryl methyl sites for hydroxylation is 1. The van der Waals surface area contributed by atoms with Gasteiger partial charge in [-0.25, -0.2) is 14.0 Å². The molecule has 1 aliphatic heterocycles.